The zero-order valence-electron chi connectivity index (χ0n) is 12.8. The smallest absolute Gasteiger partial charge is 0.00818 e. The Morgan fingerprint density at radius 2 is 1.84 bits per heavy atom. The molecule has 1 unspecified atom stereocenters. The van der Waals surface area contributed by atoms with E-state index in [1.807, 2.05) is 0 Å². The van der Waals surface area contributed by atoms with Crippen LogP contribution in [0.2, 0.25) is 0 Å². The molecule has 1 heteroatoms. The molecule has 0 amide bonds. The molecule has 1 aliphatic rings. The molecular weight excluding hydrogens is 230 g/mol. The van der Waals surface area contributed by atoms with E-state index in [-0.39, 0.29) is 0 Å². The third-order valence-corrected chi connectivity index (χ3v) is 4.73. The van der Waals surface area contributed by atoms with Gasteiger partial charge in [0, 0.05) is 12.1 Å². The first-order valence-corrected chi connectivity index (χ1v) is 7.99. The maximum Gasteiger partial charge on any atom is 0.00818 e. The van der Waals surface area contributed by atoms with Gasteiger partial charge in [0.2, 0.25) is 0 Å². The Balaban J connectivity index is 1.79. The van der Waals surface area contributed by atoms with Crippen LogP contribution in [0.1, 0.15) is 57.1 Å². The maximum atomic E-state index is 3.84. The first kappa shape index (κ1) is 14.6. The van der Waals surface area contributed by atoms with E-state index < -0.39 is 0 Å². The summed E-state index contributed by atoms with van der Waals surface area (Å²) in [5.41, 5.74) is 2.91. The first-order chi connectivity index (χ1) is 9.19. The van der Waals surface area contributed by atoms with Crippen LogP contribution < -0.4 is 5.32 Å². The minimum Gasteiger partial charge on any atom is -0.311 e. The molecule has 1 fully saturated rings. The van der Waals surface area contributed by atoms with Gasteiger partial charge >= 0.3 is 0 Å². The second kappa shape index (κ2) is 7.09. The zero-order chi connectivity index (χ0) is 13.7. The third-order valence-electron chi connectivity index (χ3n) is 4.73. The van der Waals surface area contributed by atoms with Gasteiger partial charge in [0.05, 0.1) is 0 Å². The fraction of sp³-hybridized carbons (Fsp3) is 0.667. The van der Waals surface area contributed by atoms with Crippen molar-refractivity contribution < 1.29 is 0 Å². The number of hydrogen-bond acceptors (Lipinski definition) is 1. The SMILES string of the molecule is CCC1CCC(NC(C)Cc2ccccc2C)CC1. The number of aryl methyl sites for hydroxylation is 1. The van der Waals surface area contributed by atoms with Crippen LogP contribution in [0.15, 0.2) is 24.3 Å². The van der Waals surface area contributed by atoms with Crippen LogP contribution in [0, 0.1) is 12.8 Å². The lowest BCUT2D eigenvalue weighted by atomic mass is 9.84. The Bertz CT molecular complexity index is 377. The topological polar surface area (TPSA) is 12.0 Å². The molecule has 19 heavy (non-hydrogen) atoms. The number of benzene rings is 1. The van der Waals surface area contributed by atoms with E-state index >= 15 is 0 Å². The van der Waals surface area contributed by atoms with Gasteiger partial charge in [-0.2, -0.15) is 0 Å². The van der Waals surface area contributed by atoms with Crippen molar-refractivity contribution in [3.8, 4) is 0 Å². The number of nitrogens with one attached hydrogen (secondary N) is 1. The summed E-state index contributed by atoms with van der Waals surface area (Å²) in [5.74, 6) is 0.990. The predicted octanol–water partition coefficient (Wildman–Crippen LogP) is 4.48. The summed E-state index contributed by atoms with van der Waals surface area (Å²) in [4.78, 5) is 0. The highest BCUT2D eigenvalue weighted by Crippen LogP contribution is 2.26. The van der Waals surface area contributed by atoms with E-state index in [0.717, 1.165) is 18.4 Å². The van der Waals surface area contributed by atoms with Crippen LogP contribution in [0.25, 0.3) is 0 Å². The van der Waals surface area contributed by atoms with Crippen LogP contribution in [-0.4, -0.2) is 12.1 Å². The molecule has 0 heterocycles. The van der Waals surface area contributed by atoms with Crippen molar-refractivity contribution >= 4 is 0 Å². The van der Waals surface area contributed by atoms with Crippen molar-refractivity contribution in [2.75, 3.05) is 0 Å². The molecule has 0 aromatic heterocycles. The van der Waals surface area contributed by atoms with Crippen LogP contribution in [0.3, 0.4) is 0 Å². The molecule has 1 nitrogen and oxygen atoms in total. The molecule has 1 aromatic carbocycles. The van der Waals surface area contributed by atoms with Gasteiger partial charge in [0.1, 0.15) is 0 Å². The Labute approximate surface area is 118 Å². The molecule has 1 aliphatic carbocycles. The van der Waals surface area contributed by atoms with Crippen LogP contribution >= 0.6 is 0 Å². The molecule has 0 radical (unpaired) electrons. The lowest BCUT2D eigenvalue weighted by Crippen LogP contribution is -2.40. The van der Waals surface area contributed by atoms with Crippen molar-refractivity contribution in [3.05, 3.63) is 35.4 Å². The van der Waals surface area contributed by atoms with E-state index in [1.165, 1.54) is 43.2 Å². The molecule has 0 spiro atoms. The average molecular weight is 259 g/mol. The van der Waals surface area contributed by atoms with Crippen molar-refractivity contribution in [1.29, 1.82) is 0 Å². The summed E-state index contributed by atoms with van der Waals surface area (Å²) >= 11 is 0. The monoisotopic (exact) mass is 259 g/mol. The molecule has 106 valence electrons. The Morgan fingerprint density at radius 3 is 2.47 bits per heavy atom. The predicted molar refractivity (Wildman–Crippen MR) is 83.5 cm³/mol. The lowest BCUT2D eigenvalue weighted by Gasteiger charge is -2.31. The second-order valence-corrected chi connectivity index (χ2v) is 6.32. The largest absolute Gasteiger partial charge is 0.311 e. The van der Waals surface area contributed by atoms with Gasteiger partial charge in [-0.1, -0.05) is 37.6 Å². The zero-order valence-corrected chi connectivity index (χ0v) is 12.8. The van der Waals surface area contributed by atoms with Crippen LogP contribution in [-0.2, 0) is 6.42 Å². The highest BCUT2D eigenvalue weighted by molar-refractivity contribution is 5.26. The Kier molecular flexibility index (Phi) is 5.45. The molecule has 0 saturated heterocycles. The summed E-state index contributed by atoms with van der Waals surface area (Å²) < 4.78 is 0. The molecular formula is C18H29N. The minimum atomic E-state index is 0.587. The lowest BCUT2D eigenvalue weighted by molar-refractivity contribution is 0.272. The summed E-state index contributed by atoms with van der Waals surface area (Å²) in [6.07, 6.45) is 8.11. The van der Waals surface area contributed by atoms with Crippen molar-refractivity contribution in [2.24, 2.45) is 5.92 Å². The fourth-order valence-corrected chi connectivity index (χ4v) is 3.37. The Morgan fingerprint density at radius 1 is 1.16 bits per heavy atom. The Hall–Kier alpha value is -0.820. The molecule has 1 N–H and O–H groups in total. The van der Waals surface area contributed by atoms with Gasteiger partial charge in [-0.15, -0.1) is 0 Å². The summed E-state index contributed by atoms with van der Waals surface area (Å²) in [6.45, 7) is 6.88. The number of rotatable bonds is 5. The molecule has 0 bridgehead atoms. The van der Waals surface area contributed by atoms with Crippen molar-refractivity contribution in [1.82, 2.24) is 5.32 Å². The van der Waals surface area contributed by atoms with Gasteiger partial charge in [0.25, 0.3) is 0 Å². The fourth-order valence-electron chi connectivity index (χ4n) is 3.37. The van der Waals surface area contributed by atoms with E-state index in [1.54, 1.807) is 0 Å². The summed E-state index contributed by atoms with van der Waals surface area (Å²) in [5, 5.41) is 3.84. The molecule has 1 aromatic rings. The number of hydrogen-bond donors (Lipinski definition) is 1. The minimum absolute atomic E-state index is 0.587. The summed E-state index contributed by atoms with van der Waals surface area (Å²) in [6, 6.07) is 10.1. The molecule has 2 rings (SSSR count). The quantitative estimate of drug-likeness (QED) is 0.822. The molecule has 1 saturated carbocycles. The van der Waals surface area contributed by atoms with E-state index in [0.29, 0.717) is 6.04 Å². The standard InChI is InChI=1S/C18H29N/c1-4-16-9-11-18(12-10-16)19-15(3)13-17-8-6-5-7-14(17)2/h5-8,15-16,18-19H,4,9-13H2,1-3H3. The van der Waals surface area contributed by atoms with Gasteiger partial charge in [-0.3, -0.25) is 0 Å². The van der Waals surface area contributed by atoms with Crippen molar-refractivity contribution in [2.45, 2.75) is 71.4 Å². The summed E-state index contributed by atoms with van der Waals surface area (Å²) in [7, 11) is 0. The maximum absolute atomic E-state index is 3.84. The van der Waals surface area contributed by atoms with Gasteiger partial charge in [0.15, 0.2) is 0 Å². The molecule has 0 aliphatic heterocycles. The normalized spacial score (nSPS) is 25.2. The molecule has 1 atom stereocenters. The van der Waals surface area contributed by atoms with Crippen molar-refractivity contribution in [3.63, 3.8) is 0 Å². The van der Waals surface area contributed by atoms with E-state index in [2.05, 4.69) is 50.4 Å². The van der Waals surface area contributed by atoms with E-state index in [9.17, 15) is 0 Å². The van der Waals surface area contributed by atoms with Gasteiger partial charge < -0.3 is 5.32 Å². The van der Waals surface area contributed by atoms with Crippen LogP contribution in [0.4, 0.5) is 0 Å². The van der Waals surface area contributed by atoms with Gasteiger partial charge in [-0.05, 0) is 63.0 Å². The highest BCUT2D eigenvalue weighted by Gasteiger charge is 2.21. The first-order valence-electron chi connectivity index (χ1n) is 7.99. The second-order valence-electron chi connectivity index (χ2n) is 6.32. The van der Waals surface area contributed by atoms with Gasteiger partial charge in [-0.25, -0.2) is 0 Å². The highest BCUT2D eigenvalue weighted by atomic mass is 14.9. The van der Waals surface area contributed by atoms with E-state index in [4.69, 9.17) is 0 Å². The third kappa shape index (κ3) is 4.35. The van der Waals surface area contributed by atoms with Crippen LogP contribution in [0.5, 0.6) is 0 Å². The average Bonchev–Trinajstić information content (AvgIpc) is 2.42.